The van der Waals surface area contributed by atoms with Crippen molar-refractivity contribution in [1.82, 2.24) is 9.88 Å². The van der Waals surface area contributed by atoms with E-state index in [4.69, 9.17) is 4.74 Å². The van der Waals surface area contributed by atoms with Gasteiger partial charge in [0.1, 0.15) is 11.9 Å². The van der Waals surface area contributed by atoms with Gasteiger partial charge in [0.05, 0.1) is 24.3 Å². The molecule has 0 aliphatic carbocycles. The van der Waals surface area contributed by atoms with E-state index in [0.29, 0.717) is 13.0 Å². The van der Waals surface area contributed by atoms with Gasteiger partial charge in [0, 0.05) is 43.2 Å². The maximum Gasteiger partial charge on any atom is 0.416 e. The van der Waals surface area contributed by atoms with Crippen LogP contribution in [0, 0.1) is 18.6 Å². The molecule has 2 aliphatic heterocycles. The second kappa shape index (κ2) is 11.1. The lowest BCUT2D eigenvalue weighted by molar-refractivity contribution is -0.137. The lowest BCUT2D eigenvalue weighted by atomic mass is 10.0. The van der Waals surface area contributed by atoms with E-state index < -0.39 is 41.4 Å². The molecule has 0 unspecified atom stereocenters. The summed E-state index contributed by atoms with van der Waals surface area (Å²) in [5.41, 5.74) is -0.605. The third kappa shape index (κ3) is 5.76. The number of aryl methyl sites for hydroxylation is 1. The Hall–Kier alpha value is -2.83. The van der Waals surface area contributed by atoms with Gasteiger partial charge in [0.25, 0.3) is 0 Å². The molecule has 12 heteroatoms. The van der Waals surface area contributed by atoms with Gasteiger partial charge in [-0.05, 0) is 58.0 Å². The molecule has 2 aromatic rings. The van der Waals surface area contributed by atoms with Crippen LogP contribution in [0.3, 0.4) is 0 Å². The number of aromatic nitrogens is 1. The number of carbonyl (C=O) groups excluding carboxylic acids is 1. The van der Waals surface area contributed by atoms with E-state index in [1.807, 2.05) is 4.90 Å². The van der Waals surface area contributed by atoms with Crippen molar-refractivity contribution in [1.29, 1.82) is 0 Å². The molecule has 0 bridgehead atoms. The Kier molecular flexibility index (Phi) is 8.24. The maximum atomic E-state index is 14.0. The molecular weight excluding hydrogens is 511 g/mol. The largest absolute Gasteiger partial charge is 0.416 e. The molecule has 2 fully saturated rings. The third-order valence-electron chi connectivity index (χ3n) is 7.31. The highest BCUT2D eigenvalue weighted by Crippen LogP contribution is 2.36. The van der Waals surface area contributed by atoms with Crippen molar-refractivity contribution < 1.29 is 36.6 Å². The highest BCUT2D eigenvalue weighted by atomic mass is 19.4. The summed E-state index contributed by atoms with van der Waals surface area (Å²) in [6.45, 7) is 4.12. The molecule has 1 aromatic heterocycles. The van der Waals surface area contributed by atoms with Crippen molar-refractivity contribution in [2.45, 2.75) is 57.1 Å². The summed E-state index contributed by atoms with van der Waals surface area (Å²) in [4.78, 5) is 22.9. The number of benzene rings is 1. The van der Waals surface area contributed by atoms with E-state index in [1.54, 1.807) is 14.0 Å². The molecular formula is C26H31F5N4O3. The van der Waals surface area contributed by atoms with E-state index in [2.05, 4.69) is 4.98 Å². The molecule has 0 saturated carbocycles. The van der Waals surface area contributed by atoms with Gasteiger partial charge in [-0.2, -0.15) is 13.2 Å². The number of rotatable bonds is 6. The van der Waals surface area contributed by atoms with Crippen LogP contribution in [0.2, 0.25) is 0 Å². The minimum absolute atomic E-state index is 0.00615. The quantitative estimate of drug-likeness (QED) is 0.561. The Bertz CT molecular complexity index is 1160. The Morgan fingerprint density at radius 3 is 2.58 bits per heavy atom. The summed E-state index contributed by atoms with van der Waals surface area (Å²) >= 11 is 0. The van der Waals surface area contributed by atoms with Crippen LogP contribution in [0.1, 0.15) is 31.0 Å². The van der Waals surface area contributed by atoms with Crippen LogP contribution in [0.4, 0.5) is 33.5 Å². The van der Waals surface area contributed by atoms with Gasteiger partial charge in [0.2, 0.25) is 5.91 Å². The van der Waals surface area contributed by atoms with Crippen LogP contribution < -0.4 is 9.80 Å². The Morgan fingerprint density at radius 2 is 1.95 bits per heavy atom. The number of halogens is 5. The predicted molar refractivity (Wildman–Crippen MR) is 131 cm³/mol. The van der Waals surface area contributed by atoms with Crippen molar-refractivity contribution in [3.05, 3.63) is 53.2 Å². The van der Waals surface area contributed by atoms with E-state index in [0.717, 1.165) is 24.3 Å². The number of alkyl halides is 3. The van der Waals surface area contributed by atoms with Gasteiger partial charge in [-0.3, -0.25) is 9.69 Å². The second-order valence-corrected chi connectivity index (χ2v) is 9.76. The lowest BCUT2D eigenvalue weighted by Crippen LogP contribution is -2.52. The van der Waals surface area contributed by atoms with Crippen LogP contribution in [-0.4, -0.2) is 78.5 Å². The number of hydrogen-bond acceptors (Lipinski definition) is 6. The van der Waals surface area contributed by atoms with E-state index in [1.165, 1.54) is 22.8 Å². The van der Waals surface area contributed by atoms with Crippen molar-refractivity contribution in [3.8, 4) is 0 Å². The van der Waals surface area contributed by atoms with Crippen LogP contribution in [0.25, 0.3) is 0 Å². The third-order valence-corrected chi connectivity index (χ3v) is 7.31. The van der Waals surface area contributed by atoms with Crippen molar-refractivity contribution >= 4 is 17.4 Å². The van der Waals surface area contributed by atoms with Crippen molar-refractivity contribution in [2.75, 3.05) is 43.2 Å². The molecule has 7 nitrogen and oxygen atoms in total. The maximum absolute atomic E-state index is 14.0. The smallest absolute Gasteiger partial charge is 0.391 e. The fraction of sp³-hybridized carbons (Fsp3) is 0.538. The number of nitrogens with zero attached hydrogens (tertiary/aromatic N) is 4. The van der Waals surface area contributed by atoms with Crippen LogP contribution in [0.15, 0.2) is 30.3 Å². The molecule has 2 saturated heterocycles. The number of likely N-dealkylation sites (N-methyl/N-ethyl adjacent to an activating group) is 2. The first kappa shape index (κ1) is 28.2. The van der Waals surface area contributed by atoms with E-state index in [9.17, 15) is 31.9 Å². The predicted octanol–water partition coefficient (Wildman–Crippen LogP) is 3.77. The zero-order valence-electron chi connectivity index (χ0n) is 21.4. The number of hydrogen-bond donors (Lipinski definition) is 1. The molecule has 2 aliphatic rings. The molecule has 1 amide bonds. The minimum Gasteiger partial charge on any atom is -0.391 e. The summed E-state index contributed by atoms with van der Waals surface area (Å²) < 4.78 is 73.9. The van der Waals surface area contributed by atoms with Crippen LogP contribution in [0.5, 0.6) is 0 Å². The van der Waals surface area contributed by atoms with Gasteiger partial charge in [0.15, 0.2) is 11.6 Å². The van der Waals surface area contributed by atoms with Gasteiger partial charge in [-0.1, -0.05) is 0 Å². The fourth-order valence-electron chi connectivity index (χ4n) is 5.23. The topological polar surface area (TPSA) is 69.1 Å². The highest BCUT2D eigenvalue weighted by molar-refractivity contribution is 5.99. The standard InChI is InChI=1S/C26H31F5N4O3/c1-4-34(17-5-6-19(27)20(28)11-17)25(37)21-12-18(33(3)22-14-38-8-7-23(22)36)13-35(21)24-10-16(26(29,30)31)9-15(2)32-24/h5-6,9-11,18,21-23,36H,4,7-8,12-14H2,1-3H3/t18-,21-,22+,23+/m0/s1. The normalized spacial score (nSPS) is 24.2. The van der Waals surface area contributed by atoms with Gasteiger partial charge < -0.3 is 19.6 Å². The number of anilines is 2. The van der Waals surface area contributed by atoms with E-state index >= 15 is 0 Å². The lowest BCUT2D eigenvalue weighted by Gasteiger charge is -2.38. The van der Waals surface area contributed by atoms with Gasteiger partial charge in [-0.15, -0.1) is 0 Å². The summed E-state index contributed by atoms with van der Waals surface area (Å²) in [5.74, 6) is -2.66. The zero-order valence-corrected chi connectivity index (χ0v) is 21.4. The molecule has 38 heavy (non-hydrogen) atoms. The number of amides is 1. The Balaban J connectivity index is 1.71. The molecule has 3 heterocycles. The van der Waals surface area contributed by atoms with Crippen LogP contribution >= 0.6 is 0 Å². The first-order valence-electron chi connectivity index (χ1n) is 12.5. The summed E-state index contributed by atoms with van der Waals surface area (Å²) in [6.07, 6.45) is -4.60. The molecule has 1 N–H and O–H groups in total. The highest BCUT2D eigenvalue weighted by Gasteiger charge is 2.44. The summed E-state index contributed by atoms with van der Waals surface area (Å²) in [6, 6.07) is 3.36. The Morgan fingerprint density at radius 1 is 1.21 bits per heavy atom. The van der Waals surface area contributed by atoms with E-state index in [-0.39, 0.29) is 55.4 Å². The monoisotopic (exact) mass is 542 g/mol. The second-order valence-electron chi connectivity index (χ2n) is 9.76. The minimum atomic E-state index is -4.61. The average molecular weight is 543 g/mol. The molecule has 1 aromatic carbocycles. The number of aliphatic hydroxyl groups is 1. The first-order valence-corrected chi connectivity index (χ1v) is 12.5. The molecule has 208 valence electrons. The van der Waals surface area contributed by atoms with Crippen molar-refractivity contribution in [2.24, 2.45) is 0 Å². The number of pyridine rings is 1. The van der Waals surface area contributed by atoms with Crippen LogP contribution in [-0.2, 0) is 15.7 Å². The molecule has 0 spiro atoms. The van der Waals surface area contributed by atoms with Gasteiger partial charge >= 0.3 is 6.18 Å². The molecule has 4 rings (SSSR count). The first-order chi connectivity index (χ1) is 17.9. The molecule has 4 atom stereocenters. The number of ether oxygens (including phenoxy) is 1. The number of carbonyl (C=O) groups is 1. The molecule has 0 radical (unpaired) electrons. The Labute approximate surface area is 217 Å². The zero-order chi connectivity index (χ0) is 27.8. The average Bonchev–Trinajstić information content (AvgIpc) is 3.31. The van der Waals surface area contributed by atoms with Crippen molar-refractivity contribution in [3.63, 3.8) is 0 Å². The summed E-state index contributed by atoms with van der Waals surface area (Å²) in [7, 11) is 1.79. The SMILES string of the molecule is CCN(C(=O)[C@@H]1C[C@H](N(C)[C@@H]2COCC[C@H]2O)CN1c1cc(C(F)(F)F)cc(C)n1)c1ccc(F)c(F)c1. The summed E-state index contributed by atoms with van der Waals surface area (Å²) in [5, 5.41) is 10.5. The fourth-order valence-corrected chi connectivity index (χ4v) is 5.23. The number of aliphatic hydroxyl groups excluding tert-OH is 1. The van der Waals surface area contributed by atoms with Gasteiger partial charge in [-0.25, -0.2) is 13.8 Å².